The van der Waals surface area contributed by atoms with Crippen LogP contribution in [0.25, 0.3) is 0 Å². The van der Waals surface area contributed by atoms with Crippen LogP contribution in [0.5, 0.6) is 0 Å². The molecule has 0 aliphatic rings. The molecule has 0 unspecified atom stereocenters. The summed E-state index contributed by atoms with van der Waals surface area (Å²) >= 11 is 0. The Morgan fingerprint density at radius 2 is 1.72 bits per heavy atom. The molecule has 0 saturated heterocycles. The van der Waals surface area contributed by atoms with E-state index in [-0.39, 0.29) is 0 Å². The SMILES string of the molecule is O=C(O)COCC(=O)Nc1c(F)cc(F)cc1F. The van der Waals surface area contributed by atoms with Gasteiger partial charge in [-0.2, -0.15) is 0 Å². The van der Waals surface area contributed by atoms with Gasteiger partial charge in [0.25, 0.3) is 5.91 Å². The summed E-state index contributed by atoms with van der Waals surface area (Å²) in [6, 6.07) is 0.799. The normalized spacial score (nSPS) is 10.2. The van der Waals surface area contributed by atoms with Gasteiger partial charge in [0, 0.05) is 12.1 Å². The van der Waals surface area contributed by atoms with E-state index in [4.69, 9.17) is 5.11 Å². The van der Waals surface area contributed by atoms with E-state index in [1.54, 1.807) is 5.32 Å². The molecule has 0 fully saturated rings. The first kappa shape index (κ1) is 14.0. The van der Waals surface area contributed by atoms with Crippen molar-refractivity contribution in [1.82, 2.24) is 0 Å². The van der Waals surface area contributed by atoms with Gasteiger partial charge in [-0.25, -0.2) is 18.0 Å². The molecule has 1 aromatic carbocycles. The van der Waals surface area contributed by atoms with Gasteiger partial charge in [0.1, 0.15) is 24.7 Å². The van der Waals surface area contributed by atoms with Crippen LogP contribution >= 0.6 is 0 Å². The molecule has 1 aromatic rings. The Balaban J connectivity index is 2.62. The molecule has 0 spiro atoms. The zero-order valence-electron chi connectivity index (χ0n) is 8.87. The van der Waals surface area contributed by atoms with Gasteiger partial charge in [0.05, 0.1) is 0 Å². The maximum absolute atomic E-state index is 13.1. The highest BCUT2D eigenvalue weighted by molar-refractivity contribution is 5.92. The number of carbonyl (C=O) groups is 2. The van der Waals surface area contributed by atoms with E-state index in [2.05, 4.69) is 4.74 Å². The number of carbonyl (C=O) groups excluding carboxylic acids is 1. The van der Waals surface area contributed by atoms with Gasteiger partial charge in [-0.3, -0.25) is 4.79 Å². The summed E-state index contributed by atoms with van der Waals surface area (Å²) in [5.41, 5.74) is -0.819. The van der Waals surface area contributed by atoms with Crippen molar-refractivity contribution < 1.29 is 32.6 Å². The number of carboxylic acid groups (broad SMARTS) is 1. The molecule has 8 heteroatoms. The Kier molecular flexibility index (Phi) is 4.67. The van der Waals surface area contributed by atoms with Gasteiger partial charge in [-0.05, 0) is 0 Å². The lowest BCUT2D eigenvalue weighted by Crippen LogP contribution is -2.22. The van der Waals surface area contributed by atoms with Crippen molar-refractivity contribution in [3.8, 4) is 0 Å². The molecule has 2 N–H and O–H groups in total. The Bertz CT molecular complexity index is 455. The first-order chi connectivity index (χ1) is 8.40. The van der Waals surface area contributed by atoms with Gasteiger partial charge < -0.3 is 15.2 Å². The van der Waals surface area contributed by atoms with Crippen LogP contribution in [0, 0.1) is 17.5 Å². The lowest BCUT2D eigenvalue weighted by atomic mass is 10.2. The molecule has 0 aliphatic heterocycles. The van der Waals surface area contributed by atoms with E-state index in [0.29, 0.717) is 12.1 Å². The van der Waals surface area contributed by atoms with Gasteiger partial charge in [0.15, 0.2) is 11.6 Å². The van der Waals surface area contributed by atoms with E-state index in [1.807, 2.05) is 0 Å². The number of nitrogens with one attached hydrogen (secondary N) is 1. The highest BCUT2D eigenvalue weighted by Gasteiger charge is 2.14. The van der Waals surface area contributed by atoms with Crippen LogP contribution < -0.4 is 5.32 Å². The molecular weight excluding hydrogens is 255 g/mol. The van der Waals surface area contributed by atoms with Gasteiger partial charge in [-0.1, -0.05) is 0 Å². The molecule has 0 saturated carbocycles. The largest absolute Gasteiger partial charge is 0.480 e. The number of hydrogen-bond acceptors (Lipinski definition) is 3. The minimum absolute atomic E-state index is 0.400. The van der Waals surface area contributed by atoms with Crippen LogP contribution in [0.15, 0.2) is 12.1 Å². The molecule has 0 atom stereocenters. The molecule has 0 aliphatic carbocycles. The fourth-order valence-electron chi connectivity index (χ4n) is 1.07. The smallest absolute Gasteiger partial charge is 0.329 e. The molecule has 1 amide bonds. The lowest BCUT2D eigenvalue weighted by molar-refractivity contribution is -0.143. The number of benzene rings is 1. The molecule has 5 nitrogen and oxygen atoms in total. The second kappa shape index (κ2) is 6.01. The number of halogens is 3. The zero-order valence-corrected chi connectivity index (χ0v) is 8.87. The summed E-state index contributed by atoms with van der Waals surface area (Å²) in [5.74, 6) is -5.93. The molecule has 98 valence electrons. The van der Waals surface area contributed by atoms with Crippen molar-refractivity contribution in [3.05, 3.63) is 29.6 Å². The molecule has 1 rings (SSSR count). The lowest BCUT2D eigenvalue weighted by Gasteiger charge is -2.07. The van der Waals surface area contributed by atoms with E-state index < -0.39 is 48.2 Å². The van der Waals surface area contributed by atoms with Crippen LogP contribution in [-0.4, -0.2) is 30.2 Å². The van der Waals surface area contributed by atoms with Crippen LogP contribution in [-0.2, 0) is 14.3 Å². The van der Waals surface area contributed by atoms with Crippen LogP contribution in [0.4, 0.5) is 18.9 Å². The minimum Gasteiger partial charge on any atom is -0.480 e. The summed E-state index contributed by atoms with van der Waals surface area (Å²) in [5, 5.41) is 10.0. The minimum atomic E-state index is -1.29. The predicted octanol–water partition coefficient (Wildman–Crippen LogP) is 1.14. The first-order valence-electron chi connectivity index (χ1n) is 4.64. The van der Waals surface area contributed by atoms with Crippen molar-refractivity contribution >= 4 is 17.6 Å². The van der Waals surface area contributed by atoms with Crippen molar-refractivity contribution in [3.63, 3.8) is 0 Å². The maximum Gasteiger partial charge on any atom is 0.329 e. The third-order valence-corrected chi connectivity index (χ3v) is 1.73. The second-order valence-electron chi connectivity index (χ2n) is 3.18. The second-order valence-corrected chi connectivity index (χ2v) is 3.18. The number of amides is 1. The first-order valence-corrected chi connectivity index (χ1v) is 4.64. The van der Waals surface area contributed by atoms with E-state index in [9.17, 15) is 22.8 Å². The third kappa shape index (κ3) is 4.06. The average molecular weight is 263 g/mol. The maximum atomic E-state index is 13.1. The fraction of sp³-hybridized carbons (Fsp3) is 0.200. The van der Waals surface area contributed by atoms with E-state index >= 15 is 0 Å². The molecular formula is C10H8F3NO4. The van der Waals surface area contributed by atoms with Crippen molar-refractivity contribution in [2.45, 2.75) is 0 Å². The van der Waals surface area contributed by atoms with E-state index in [1.165, 1.54) is 0 Å². The monoisotopic (exact) mass is 263 g/mol. The van der Waals surface area contributed by atoms with Crippen LogP contribution in [0.3, 0.4) is 0 Å². The zero-order chi connectivity index (χ0) is 13.7. The fourth-order valence-corrected chi connectivity index (χ4v) is 1.07. The van der Waals surface area contributed by atoms with Crippen molar-refractivity contribution in [2.75, 3.05) is 18.5 Å². The summed E-state index contributed by atoms with van der Waals surface area (Å²) in [4.78, 5) is 21.2. The number of hydrogen-bond donors (Lipinski definition) is 2. The Morgan fingerprint density at radius 1 is 1.17 bits per heavy atom. The highest BCUT2D eigenvalue weighted by atomic mass is 19.1. The van der Waals surface area contributed by atoms with Gasteiger partial charge in [0.2, 0.25) is 0 Å². The molecule has 0 aromatic heterocycles. The number of rotatable bonds is 5. The van der Waals surface area contributed by atoms with Gasteiger partial charge >= 0.3 is 5.97 Å². The summed E-state index contributed by atoms with van der Waals surface area (Å²) in [7, 11) is 0. The third-order valence-electron chi connectivity index (χ3n) is 1.73. The Morgan fingerprint density at radius 3 is 2.22 bits per heavy atom. The van der Waals surface area contributed by atoms with Crippen LogP contribution in [0.2, 0.25) is 0 Å². The standard InChI is InChI=1S/C10H8F3NO4/c11-5-1-6(12)10(7(13)2-5)14-8(15)3-18-4-9(16)17/h1-2H,3-4H2,(H,14,15)(H,16,17). The average Bonchev–Trinajstić information content (AvgIpc) is 2.22. The molecule has 18 heavy (non-hydrogen) atoms. The summed E-state index contributed by atoms with van der Waals surface area (Å²) in [6.07, 6.45) is 0. The number of aliphatic carboxylic acids is 1. The number of anilines is 1. The number of carboxylic acids is 1. The summed E-state index contributed by atoms with van der Waals surface area (Å²) < 4.78 is 43.1. The quantitative estimate of drug-likeness (QED) is 0.835. The van der Waals surface area contributed by atoms with E-state index in [0.717, 1.165) is 0 Å². The number of ether oxygens (including phenoxy) is 1. The highest BCUT2D eigenvalue weighted by Crippen LogP contribution is 2.19. The molecule has 0 bridgehead atoms. The topological polar surface area (TPSA) is 75.6 Å². The van der Waals surface area contributed by atoms with Crippen LogP contribution in [0.1, 0.15) is 0 Å². The Hall–Kier alpha value is -2.09. The molecule has 0 heterocycles. The van der Waals surface area contributed by atoms with Crippen molar-refractivity contribution in [2.24, 2.45) is 0 Å². The predicted molar refractivity (Wildman–Crippen MR) is 53.4 cm³/mol. The summed E-state index contributed by atoms with van der Waals surface area (Å²) in [6.45, 7) is -1.41. The van der Waals surface area contributed by atoms with Crippen molar-refractivity contribution in [1.29, 1.82) is 0 Å². The Labute approximate surface area is 99.2 Å². The van der Waals surface area contributed by atoms with Gasteiger partial charge in [-0.15, -0.1) is 0 Å². The molecule has 0 radical (unpaired) electrons.